The molecule has 0 spiro atoms. The molecule has 41 heavy (non-hydrogen) atoms. The first-order valence-corrected chi connectivity index (χ1v) is 14.8. The summed E-state index contributed by atoms with van der Waals surface area (Å²) in [6.07, 6.45) is 1.60. The number of benzene rings is 4. The van der Waals surface area contributed by atoms with Crippen LogP contribution in [0.3, 0.4) is 0 Å². The Kier molecular flexibility index (Phi) is 10.7. The first-order chi connectivity index (χ1) is 19.7. The molecule has 4 rings (SSSR count). The van der Waals surface area contributed by atoms with Gasteiger partial charge in [-0.25, -0.2) is 0 Å². The number of anilines is 2. The maximum Gasteiger partial charge on any atom is 0.272 e. The number of halogens is 3. The third-order valence-corrected chi connectivity index (χ3v) is 7.80. The van der Waals surface area contributed by atoms with Crippen molar-refractivity contribution >= 4 is 86.1 Å². The van der Waals surface area contributed by atoms with Crippen molar-refractivity contribution in [2.45, 2.75) is 17.1 Å². The normalized spacial score (nSPS) is 11.9. The Balaban J connectivity index is 1.48. The van der Waals surface area contributed by atoms with Crippen molar-refractivity contribution in [2.24, 2.45) is 0 Å². The molecule has 6 nitrogen and oxygen atoms in total. The van der Waals surface area contributed by atoms with E-state index in [2.05, 4.69) is 31.9 Å². The summed E-state index contributed by atoms with van der Waals surface area (Å²) >= 11 is 16.9. The molecule has 0 bridgehead atoms. The Morgan fingerprint density at radius 3 is 2.37 bits per heavy atom. The Morgan fingerprint density at radius 2 is 1.61 bits per heavy atom. The molecular weight excluding hydrogens is 645 g/mol. The maximum absolute atomic E-state index is 13.4. The highest BCUT2D eigenvalue weighted by Crippen LogP contribution is 2.29. The van der Waals surface area contributed by atoms with E-state index in [0.717, 1.165) is 14.9 Å². The lowest BCUT2D eigenvalue weighted by Gasteiger charge is -2.15. The van der Waals surface area contributed by atoms with Crippen molar-refractivity contribution in [3.05, 3.63) is 128 Å². The van der Waals surface area contributed by atoms with E-state index in [4.69, 9.17) is 23.2 Å². The molecule has 0 heterocycles. The van der Waals surface area contributed by atoms with E-state index in [1.54, 1.807) is 73.7 Å². The molecule has 0 saturated heterocycles. The molecule has 1 unspecified atom stereocenters. The van der Waals surface area contributed by atoms with Crippen LogP contribution in [0.1, 0.15) is 22.8 Å². The quantitative estimate of drug-likeness (QED) is 0.124. The average Bonchev–Trinajstić information content (AvgIpc) is 2.95. The summed E-state index contributed by atoms with van der Waals surface area (Å²) in [6.45, 7) is 1.77. The van der Waals surface area contributed by atoms with Gasteiger partial charge in [0.2, 0.25) is 5.91 Å². The predicted octanol–water partition coefficient (Wildman–Crippen LogP) is 8.28. The summed E-state index contributed by atoms with van der Waals surface area (Å²) in [6, 6.07) is 28.0. The van der Waals surface area contributed by atoms with Crippen LogP contribution in [0.15, 0.2) is 112 Å². The SMILES string of the molecule is CC(Sc1cccc(NC(=O)/C(=C\c2cccc(Br)c2)NC(=O)c2ccccc2)c1)C(=O)Nc1cc(Cl)ccc1Cl. The van der Waals surface area contributed by atoms with Gasteiger partial charge in [0.05, 0.1) is 16.0 Å². The van der Waals surface area contributed by atoms with Gasteiger partial charge in [-0.1, -0.05) is 75.5 Å². The molecule has 1 atom stereocenters. The van der Waals surface area contributed by atoms with Crippen molar-refractivity contribution in [1.29, 1.82) is 0 Å². The van der Waals surface area contributed by atoms with Crippen LogP contribution in [0.25, 0.3) is 6.08 Å². The number of carbonyl (C=O) groups excluding carboxylic acids is 3. The number of amides is 3. The van der Waals surface area contributed by atoms with E-state index in [0.29, 0.717) is 27.0 Å². The monoisotopic (exact) mass is 667 g/mol. The fourth-order valence-electron chi connectivity index (χ4n) is 3.64. The molecule has 3 N–H and O–H groups in total. The maximum atomic E-state index is 13.4. The van der Waals surface area contributed by atoms with Crippen LogP contribution in [-0.2, 0) is 9.59 Å². The lowest BCUT2D eigenvalue weighted by atomic mass is 10.1. The third kappa shape index (κ3) is 8.96. The van der Waals surface area contributed by atoms with Gasteiger partial charge in [-0.15, -0.1) is 11.8 Å². The van der Waals surface area contributed by atoms with Gasteiger partial charge in [-0.3, -0.25) is 14.4 Å². The van der Waals surface area contributed by atoms with E-state index in [-0.39, 0.29) is 11.6 Å². The van der Waals surface area contributed by atoms with Gasteiger partial charge < -0.3 is 16.0 Å². The largest absolute Gasteiger partial charge is 0.324 e. The number of nitrogens with one attached hydrogen (secondary N) is 3. The highest BCUT2D eigenvalue weighted by molar-refractivity contribution is 9.10. The van der Waals surface area contributed by atoms with E-state index in [1.165, 1.54) is 11.8 Å². The summed E-state index contributed by atoms with van der Waals surface area (Å²) in [5.41, 5.74) is 2.15. The van der Waals surface area contributed by atoms with Gasteiger partial charge in [0.25, 0.3) is 11.8 Å². The molecule has 0 aliphatic heterocycles. The van der Waals surface area contributed by atoms with Crippen LogP contribution in [-0.4, -0.2) is 23.0 Å². The zero-order valence-electron chi connectivity index (χ0n) is 21.7. The molecule has 0 aromatic heterocycles. The van der Waals surface area contributed by atoms with Crippen molar-refractivity contribution in [1.82, 2.24) is 5.32 Å². The zero-order chi connectivity index (χ0) is 29.4. The van der Waals surface area contributed by atoms with Crippen LogP contribution in [0.2, 0.25) is 10.0 Å². The number of hydrogen-bond acceptors (Lipinski definition) is 4. The molecule has 0 aliphatic carbocycles. The minimum atomic E-state index is -0.502. The van der Waals surface area contributed by atoms with E-state index in [9.17, 15) is 14.4 Å². The lowest BCUT2D eigenvalue weighted by molar-refractivity contribution is -0.115. The molecule has 4 aromatic rings. The van der Waals surface area contributed by atoms with Gasteiger partial charge in [0, 0.05) is 25.6 Å². The molecule has 0 fully saturated rings. The van der Waals surface area contributed by atoms with Crippen LogP contribution in [0.4, 0.5) is 11.4 Å². The molecule has 0 saturated carbocycles. The molecular formula is C31H24BrCl2N3O3S. The number of rotatable bonds is 9. The van der Waals surface area contributed by atoms with Gasteiger partial charge in [-0.2, -0.15) is 0 Å². The molecule has 3 amide bonds. The molecule has 0 radical (unpaired) electrons. The van der Waals surface area contributed by atoms with Gasteiger partial charge in [0.15, 0.2) is 0 Å². The summed E-state index contributed by atoms with van der Waals surface area (Å²) in [7, 11) is 0. The second-order valence-corrected chi connectivity index (χ2v) is 12.0. The standard InChI is InChI=1S/C31H24BrCl2N3O3S/c1-19(29(38)36-27-17-23(33)13-14-26(27)34)41-25-12-6-11-24(18-25)35-31(40)28(16-20-7-5-10-22(32)15-20)37-30(39)21-8-3-2-4-9-21/h2-19H,1H3,(H,35,40)(H,36,38)(H,37,39)/b28-16+. The van der Waals surface area contributed by atoms with Crippen molar-refractivity contribution < 1.29 is 14.4 Å². The second kappa shape index (κ2) is 14.4. The zero-order valence-corrected chi connectivity index (χ0v) is 25.6. The second-order valence-electron chi connectivity index (χ2n) is 8.79. The predicted molar refractivity (Wildman–Crippen MR) is 172 cm³/mol. The third-order valence-electron chi connectivity index (χ3n) is 5.65. The summed E-state index contributed by atoms with van der Waals surface area (Å²) in [5, 5.41) is 8.74. The lowest BCUT2D eigenvalue weighted by Crippen LogP contribution is -2.30. The smallest absolute Gasteiger partial charge is 0.272 e. The Bertz CT molecular complexity index is 1620. The van der Waals surface area contributed by atoms with Crippen LogP contribution >= 0.6 is 50.9 Å². The van der Waals surface area contributed by atoms with E-state index in [1.807, 2.05) is 36.4 Å². The van der Waals surface area contributed by atoms with Crippen LogP contribution in [0.5, 0.6) is 0 Å². The van der Waals surface area contributed by atoms with Gasteiger partial charge in [-0.05, 0) is 79.2 Å². The van der Waals surface area contributed by atoms with E-state index < -0.39 is 17.1 Å². The van der Waals surface area contributed by atoms with Gasteiger partial charge in [0.1, 0.15) is 5.70 Å². The molecule has 0 aliphatic rings. The van der Waals surface area contributed by atoms with Crippen LogP contribution < -0.4 is 16.0 Å². The van der Waals surface area contributed by atoms with Gasteiger partial charge >= 0.3 is 0 Å². The molecule has 4 aromatic carbocycles. The van der Waals surface area contributed by atoms with Crippen molar-refractivity contribution in [3.8, 4) is 0 Å². The van der Waals surface area contributed by atoms with Crippen molar-refractivity contribution in [3.63, 3.8) is 0 Å². The average molecular weight is 669 g/mol. The Labute approximate surface area is 260 Å². The minimum Gasteiger partial charge on any atom is -0.324 e. The Morgan fingerprint density at radius 1 is 0.854 bits per heavy atom. The summed E-state index contributed by atoms with van der Waals surface area (Å²) < 4.78 is 0.834. The first kappa shape index (κ1) is 30.4. The Hall–Kier alpha value is -3.56. The highest BCUT2D eigenvalue weighted by Gasteiger charge is 2.18. The topological polar surface area (TPSA) is 87.3 Å². The van der Waals surface area contributed by atoms with Crippen LogP contribution in [0, 0.1) is 0 Å². The number of hydrogen-bond donors (Lipinski definition) is 3. The first-order valence-electron chi connectivity index (χ1n) is 12.4. The number of carbonyl (C=O) groups is 3. The highest BCUT2D eigenvalue weighted by atomic mass is 79.9. The molecule has 10 heteroatoms. The summed E-state index contributed by atoms with van der Waals surface area (Å²) in [4.78, 5) is 39.8. The summed E-state index contributed by atoms with van der Waals surface area (Å²) in [5.74, 6) is -1.17. The fourth-order valence-corrected chi connectivity index (χ4v) is 5.32. The van der Waals surface area contributed by atoms with Crippen molar-refractivity contribution in [2.75, 3.05) is 10.6 Å². The number of thioether (sulfide) groups is 1. The minimum absolute atomic E-state index is 0.0705. The fraction of sp³-hybridized carbons (Fsp3) is 0.0645. The molecule has 208 valence electrons. The van der Waals surface area contributed by atoms with E-state index >= 15 is 0 Å².